The Labute approximate surface area is 115 Å². The van der Waals surface area contributed by atoms with Gasteiger partial charge in [-0.15, -0.1) is 11.3 Å². The van der Waals surface area contributed by atoms with E-state index < -0.39 is 22.0 Å². The van der Waals surface area contributed by atoms with E-state index in [2.05, 4.69) is 0 Å². The molecule has 1 aromatic rings. The van der Waals surface area contributed by atoms with Crippen LogP contribution in [0, 0.1) is 13.8 Å². The van der Waals surface area contributed by atoms with Gasteiger partial charge in [0.15, 0.2) is 0 Å². The van der Waals surface area contributed by atoms with Gasteiger partial charge in [-0.1, -0.05) is 0 Å². The molecule has 0 aromatic carbocycles. The maximum atomic E-state index is 12.5. The Morgan fingerprint density at radius 3 is 2.74 bits per heavy atom. The molecule has 1 fully saturated rings. The van der Waals surface area contributed by atoms with Gasteiger partial charge < -0.3 is 9.84 Å². The lowest BCUT2D eigenvalue weighted by Crippen LogP contribution is -2.52. The number of hydrogen-bond acceptors (Lipinski definition) is 5. The molecule has 8 heteroatoms. The number of aliphatic carboxylic acids is 1. The maximum Gasteiger partial charge on any atom is 0.324 e. The summed E-state index contributed by atoms with van der Waals surface area (Å²) >= 11 is 1.39. The molecule has 2 heterocycles. The topological polar surface area (TPSA) is 83.9 Å². The highest BCUT2D eigenvalue weighted by atomic mass is 32.2. The van der Waals surface area contributed by atoms with Crippen LogP contribution in [-0.4, -0.2) is 49.6 Å². The number of morpholine rings is 1. The third kappa shape index (κ3) is 2.66. The fourth-order valence-electron chi connectivity index (χ4n) is 2.06. The van der Waals surface area contributed by atoms with Gasteiger partial charge in [0.05, 0.1) is 18.1 Å². The van der Waals surface area contributed by atoms with Crippen LogP contribution in [0.2, 0.25) is 0 Å². The Bertz CT molecular complexity index is 592. The van der Waals surface area contributed by atoms with Crippen molar-refractivity contribution in [2.75, 3.05) is 19.8 Å². The minimum Gasteiger partial charge on any atom is -0.480 e. The lowest BCUT2D eigenvalue weighted by atomic mass is 10.3. The predicted octanol–water partition coefficient (Wildman–Crippen LogP) is 0.839. The molecule has 0 aliphatic carbocycles. The van der Waals surface area contributed by atoms with Gasteiger partial charge in [-0.3, -0.25) is 4.79 Å². The Balaban J connectivity index is 2.43. The van der Waals surface area contributed by atoms with Crippen LogP contribution in [0.15, 0.2) is 11.0 Å². The summed E-state index contributed by atoms with van der Waals surface area (Å²) in [5.41, 5.74) is 0. The van der Waals surface area contributed by atoms with Gasteiger partial charge in [-0.2, -0.15) is 4.31 Å². The third-order valence-electron chi connectivity index (χ3n) is 2.95. The second-order valence-electron chi connectivity index (χ2n) is 4.32. The van der Waals surface area contributed by atoms with E-state index in [1.807, 2.05) is 6.92 Å². The normalized spacial score (nSPS) is 21.5. The molecule has 1 aliphatic heterocycles. The Morgan fingerprint density at radius 2 is 2.21 bits per heavy atom. The predicted molar refractivity (Wildman–Crippen MR) is 69.9 cm³/mol. The highest BCUT2D eigenvalue weighted by Crippen LogP contribution is 2.29. The van der Waals surface area contributed by atoms with Crippen molar-refractivity contribution in [1.29, 1.82) is 0 Å². The number of ether oxygens (including phenoxy) is 1. The van der Waals surface area contributed by atoms with Crippen molar-refractivity contribution in [3.63, 3.8) is 0 Å². The van der Waals surface area contributed by atoms with E-state index >= 15 is 0 Å². The van der Waals surface area contributed by atoms with E-state index in [1.165, 1.54) is 11.3 Å². The van der Waals surface area contributed by atoms with Crippen LogP contribution >= 0.6 is 11.3 Å². The fraction of sp³-hybridized carbons (Fsp3) is 0.545. The van der Waals surface area contributed by atoms with Crippen molar-refractivity contribution >= 4 is 27.3 Å². The van der Waals surface area contributed by atoms with Crippen molar-refractivity contribution in [2.45, 2.75) is 24.8 Å². The molecule has 1 atom stereocenters. The lowest BCUT2D eigenvalue weighted by Gasteiger charge is -2.31. The molecule has 0 saturated carbocycles. The van der Waals surface area contributed by atoms with Crippen molar-refractivity contribution in [2.24, 2.45) is 0 Å². The van der Waals surface area contributed by atoms with Crippen LogP contribution < -0.4 is 0 Å². The molecule has 6 nitrogen and oxygen atoms in total. The molecular formula is C11H15NO5S2. The Hall–Kier alpha value is -0.960. The summed E-state index contributed by atoms with van der Waals surface area (Å²) < 4.78 is 31.2. The molecule has 0 spiro atoms. The number of thiophene rings is 1. The Morgan fingerprint density at radius 1 is 1.53 bits per heavy atom. The molecule has 0 radical (unpaired) electrons. The SMILES string of the molecule is Cc1cc(S(=O)(=O)N2CCOCC2C(=O)O)c(C)s1. The highest BCUT2D eigenvalue weighted by molar-refractivity contribution is 7.89. The summed E-state index contributed by atoms with van der Waals surface area (Å²) in [7, 11) is -3.78. The third-order valence-corrected chi connectivity index (χ3v) is 6.08. The van der Waals surface area contributed by atoms with E-state index in [9.17, 15) is 13.2 Å². The second kappa shape index (κ2) is 5.20. The van der Waals surface area contributed by atoms with Crippen LogP contribution in [-0.2, 0) is 19.6 Å². The number of carboxylic acid groups (broad SMARTS) is 1. The summed E-state index contributed by atoms with van der Waals surface area (Å²) in [6.45, 7) is 3.71. The number of rotatable bonds is 3. The van der Waals surface area contributed by atoms with Gasteiger partial charge in [0.1, 0.15) is 6.04 Å². The summed E-state index contributed by atoms with van der Waals surface area (Å²) in [6.07, 6.45) is 0. The number of aryl methyl sites for hydroxylation is 2. The summed E-state index contributed by atoms with van der Waals surface area (Å²) in [5.74, 6) is -1.19. The van der Waals surface area contributed by atoms with Crippen LogP contribution in [0.3, 0.4) is 0 Å². The first-order chi connectivity index (χ1) is 8.84. The zero-order chi connectivity index (χ0) is 14.2. The number of carboxylic acids is 1. The molecule has 0 bridgehead atoms. The van der Waals surface area contributed by atoms with E-state index in [1.54, 1.807) is 13.0 Å². The summed E-state index contributed by atoms with van der Waals surface area (Å²) in [6, 6.07) is 0.433. The zero-order valence-corrected chi connectivity index (χ0v) is 12.3. The first-order valence-electron chi connectivity index (χ1n) is 5.73. The molecule has 1 unspecified atom stereocenters. The molecule has 1 aromatic heterocycles. The van der Waals surface area contributed by atoms with Crippen molar-refractivity contribution in [3.05, 3.63) is 15.8 Å². The number of sulfonamides is 1. The largest absolute Gasteiger partial charge is 0.480 e. The smallest absolute Gasteiger partial charge is 0.324 e. The van der Waals surface area contributed by atoms with E-state index in [-0.39, 0.29) is 24.7 Å². The zero-order valence-electron chi connectivity index (χ0n) is 10.6. The van der Waals surface area contributed by atoms with Crippen molar-refractivity contribution < 1.29 is 23.1 Å². The maximum absolute atomic E-state index is 12.5. The monoisotopic (exact) mass is 305 g/mol. The highest BCUT2D eigenvalue weighted by Gasteiger charge is 2.39. The van der Waals surface area contributed by atoms with Crippen LogP contribution in [0.4, 0.5) is 0 Å². The quantitative estimate of drug-likeness (QED) is 0.894. The summed E-state index contributed by atoms with van der Waals surface area (Å²) in [4.78, 5) is 12.9. The van der Waals surface area contributed by atoms with Crippen LogP contribution in [0.25, 0.3) is 0 Å². The van der Waals surface area contributed by atoms with E-state index in [0.717, 1.165) is 9.18 Å². The molecular weight excluding hydrogens is 290 g/mol. The van der Waals surface area contributed by atoms with Gasteiger partial charge in [0, 0.05) is 16.3 Å². The molecule has 2 rings (SSSR count). The van der Waals surface area contributed by atoms with Gasteiger partial charge in [0.2, 0.25) is 10.0 Å². The Kier molecular flexibility index (Phi) is 3.95. The van der Waals surface area contributed by atoms with Crippen molar-refractivity contribution in [3.8, 4) is 0 Å². The van der Waals surface area contributed by atoms with E-state index in [4.69, 9.17) is 9.84 Å². The minimum atomic E-state index is -3.78. The van der Waals surface area contributed by atoms with Crippen LogP contribution in [0.5, 0.6) is 0 Å². The van der Waals surface area contributed by atoms with Gasteiger partial charge in [-0.05, 0) is 19.9 Å². The minimum absolute atomic E-state index is 0.0631. The van der Waals surface area contributed by atoms with Crippen LogP contribution in [0.1, 0.15) is 9.75 Å². The first kappa shape index (κ1) is 14.4. The first-order valence-corrected chi connectivity index (χ1v) is 7.99. The average Bonchev–Trinajstić information content (AvgIpc) is 2.69. The van der Waals surface area contributed by atoms with Gasteiger partial charge >= 0.3 is 5.97 Å². The average molecular weight is 305 g/mol. The molecule has 1 saturated heterocycles. The fourth-order valence-corrected chi connectivity index (χ4v) is 5.14. The van der Waals surface area contributed by atoms with Gasteiger partial charge in [-0.25, -0.2) is 8.42 Å². The molecule has 1 N–H and O–H groups in total. The number of nitrogens with zero attached hydrogens (tertiary/aromatic N) is 1. The standard InChI is InChI=1S/C11H15NO5S2/c1-7-5-10(8(2)18-7)19(15,16)12-3-4-17-6-9(12)11(13)14/h5,9H,3-4,6H2,1-2H3,(H,13,14). The second-order valence-corrected chi connectivity index (χ2v) is 7.64. The van der Waals surface area contributed by atoms with Crippen molar-refractivity contribution in [1.82, 2.24) is 4.31 Å². The van der Waals surface area contributed by atoms with Gasteiger partial charge in [0.25, 0.3) is 0 Å². The molecule has 19 heavy (non-hydrogen) atoms. The molecule has 0 amide bonds. The van der Waals surface area contributed by atoms with E-state index in [0.29, 0.717) is 4.88 Å². The molecule has 1 aliphatic rings. The number of hydrogen-bond donors (Lipinski definition) is 1. The summed E-state index contributed by atoms with van der Waals surface area (Å²) in [5, 5.41) is 9.11. The lowest BCUT2D eigenvalue weighted by molar-refractivity contribution is -0.146. The molecule has 106 valence electrons. The number of carbonyl (C=O) groups is 1.